The average Bonchev–Trinajstić information content (AvgIpc) is 2.10. The van der Waals surface area contributed by atoms with E-state index in [1.165, 1.54) is 6.42 Å². The van der Waals surface area contributed by atoms with Crippen molar-refractivity contribution in [1.29, 1.82) is 0 Å². The lowest BCUT2D eigenvalue weighted by Crippen LogP contribution is -2.19. The highest BCUT2D eigenvalue weighted by atomic mass is 16.3. The SMILES string of the molecule is CC(C)[C@@H]1CC[C@@](C)(O)C1. The monoisotopic (exact) mass is 142 g/mol. The summed E-state index contributed by atoms with van der Waals surface area (Å²) in [6.07, 6.45) is 3.21. The quantitative estimate of drug-likeness (QED) is 0.595. The molecule has 0 saturated heterocycles. The van der Waals surface area contributed by atoms with E-state index in [2.05, 4.69) is 13.8 Å². The fraction of sp³-hybridized carbons (Fsp3) is 1.00. The van der Waals surface area contributed by atoms with E-state index in [4.69, 9.17) is 0 Å². The number of rotatable bonds is 1. The minimum absolute atomic E-state index is 0.352. The van der Waals surface area contributed by atoms with Crippen molar-refractivity contribution < 1.29 is 5.11 Å². The van der Waals surface area contributed by atoms with E-state index in [0.717, 1.165) is 24.7 Å². The van der Waals surface area contributed by atoms with Gasteiger partial charge in [-0.25, -0.2) is 0 Å². The molecule has 60 valence electrons. The molecule has 0 bridgehead atoms. The Morgan fingerprint density at radius 3 is 2.30 bits per heavy atom. The molecule has 0 spiro atoms. The molecule has 1 fully saturated rings. The normalized spacial score (nSPS) is 41.1. The Balaban J connectivity index is 2.43. The van der Waals surface area contributed by atoms with Crippen molar-refractivity contribution in [3.63, 3.8) is 0 Å². The van der Waals surface area contributed by atoms with Gasteiger partial charge in [-0.05, 0) is 38.0 Å². The average molecular weight is 142 g/mol. The van der Waals surface area contributed by atoms with Crippen LogP contribution in [0, 0.1) is 11.8 Å². The van der Waals surface area contributed by atoms with Crippen LogP contribution in [-0.4, -0.2) is 10.7 Å². The summed E-state index contributed by atoms with van der Waals surface area (Å²) in [5.41, 5.74) is -0.352. The van der Waals surface area contributed by atoms with E-state index in [0.29, 0.717) is 0 Å². The van der Waals surface area contributed by atoms with Gasteiger partial charge in [0.25, 0.3) is 0 Å². The highest BCUT2D eigenvalue weighted by molar-refractivity contribution is 4.86. The van der Waals surface area contributed by atoms with Gasteiger partial charge in [-0.3, -0.25) is 0 Å². The van der Waals surface area contributed by atoms with Crippen LogP contribution in [0.5, 0.6) is 0 Å². The molecule has 0 unspecified atom stereocenters. The van der Waals surface area contributed by atoms with E-state index in [1.807, 2.05) is 6.92 Å². The van der Waals surface area contributed by atoms with Crippen molar-refractivity contribution in [3.8, 4) is 0 Å². The highest BCUT2D eigenvalue weighted by Gasteiger charge is 2.33. The van der Waals surface area contributed by atoms with Gasteiger partial charge in [-0.15, -0.1) is 0 Å². The predicted octanol–water partition coefficient (Wildman–Crippen LogP) is 2.19. The summed E-state index contributed by atoms with van der Waals surface area (Å²) in [4.78, 5) is 0. The zero-order valence-corrected chi connectivity index (χ0v) is 7.22. The molecule has 0 aromatic heterocycles. The largest absolute Gasteiger partial charge is 0.390 e. The molecule has 1 rings (SSSR count). The third kappa shape index (κ3) is 1.72. The van der Waals surface area contributed by atoms with E-state index < -0.39 is 0 Å². The third-order valence-electron chi connectivity index (χ3n) is 2.70. The van der Waals surface area contributed by atoms with Crippen LogP contribution in [0.2, 0.25) is 0 Å². The summed E-state index contributed by atoms with van der Waals surface area (Å²) in [5.74, 6) is 1.50. The standard InChI is InChI=1S/C9H18O/c1-7(2)8-4-5-9(3,10)6-8/h7-8,10H,4-6H2,1-3H3/t8-,9-/m1/s1. The van der Waals surface area contributed by atoms with Gasteiger partial charge in [0.05, 0.1) is 5.60 Å². The van der Waals surface area contributed by atoms with Crippen LogP contribution in [0.3, 0.4) is 0 Å². The van der Waals surface area contributed by atoms with Gasteiger partial charge in [0.2, 0.25) is 0 Å². The van der Waals surface area contributed by atoms with E-state index >= 15 is 0 Å². The molecule has 0 amide bonds. The van der Waals surface area contributed by atoms with Gasteiger partial charge < -0.3 is 5.11 Å². The zero-order valence-electron chi connectivity index (χ0n) is 7.22. The molecule has 0 heterocycles. The summed E-state index contributed by atoms with van der Waals surface area (Å²) in [7, 11) is 0. The fourth-order valence-electron chi connectivity index (χ4n) is 1.83. The Labute approximate surface area is 63.4 Å². The Morgan fingerprint density at radius 1 is 1.50 bits per heavy atom. The Kier molecular flexibility index (Phi) is 2.04. The third-order valence-corrected chi connectivity index (χ3v) is 2.70. The lowest BCUT2D eigenvalue weighted by molar-refractivity contribution is 0.0610. The fourth-order valence-corrected chi connectivity index (χ4v) is 1.83. The first-order valence-electron chi connectivity index (χ1n) is 4.24. The first kappa shape index (κ1) is 8.06. The first-order valence-corrected chi connectivity index (χ1v) is 4.24. The molecule has 2 atom stereocenters. The molecular weight excluding hydrogens is 124 g/mol. The zero-order chi connectivity index (χ0) is 7.78. The molecule has 0 aliphatic heterocycles. The molecule has 1 aliphatic carbocycles. The molecule has 1 N–H and O–H groups in total. The summed E-state index contributed by atoms with van der Waals surface area (Å²) >= 11 is 0. The summed E-state index contributed by atoms with van der Waals surface area (Å²) in [5, 5.41) is 9.61. The van der Waals surface area contributed by atoms with Crippen LogP contribution < -0.4 is 0 Å². The maximum atomic E-state index is 9.61. The lowest BCUT2D eigenvalue weighted by atomic mass is 9.93. The summed E-state index contributed by atoms with van der Waals surface area (Å²) in [6.45, 7) is 6.44. The molecule has 1 saturated carbocycles. The summed E-state index contributed by atoms with van der Waals surface area (Å²) in [6, 6.07) is 0. The van der Waals surface area contributed by atoms with Crippen molar-refractivity contribution >= 4 is 0 Å². The Morgan fingerprint density at radius 2 is 2.10 bits per heavy atom. The minimum atomic E-state index is -0.352. The number of hydrogen-bond donors (Lipinski definition) is 1. The molecule has 0 radical (unpaired) electrons. The minimum Gasteiger partial charge on any atom is -0.390 e. The van der Waals surface area contributed by atoms with Gasteiger partial charge in [0, 0.05) is 0 Å². The van der Waals surface area contributed by atoms with Crippen molar-refractivity contribution in [3.05, 3.63) is 0 Å². The van der Waals surface area contributed by atoms with Gasteiger partial charge in [-0.1, -0.05) is 13.8 Å². The van der Waals surface area contributed by atoms with E-state index in [1.54, 1.807) is 0 Å². The van der Waals surface area contributed by atoms with Crippen molar-refractivity contribution in [2.45, 2.75) is 45.6 Å². The Bertz CT molecular complexity index is 116. The number of aliphatic hydroxyl groups is 1. The molecule has 0 aromatic carbocycles. The van der Waals surface area contributed by atoms with Crippen LogP contribution >= 0.6 is 0 Å². The topological polar surface area (TPSA) is 20.2 Å². The van der Waals surface area contributed by atoms with Gasteiger partial charge in [0.1, 0.15) is 0 Å². The van der Waals surface area contributed by atoms with E-state index in [9.17, 15) is 5.11 Å². The van der Waals surface area contributed by atoms with Gasteiger partial charge >= 0.3 is 0 Å². The molecule has 1 nitrogen and oxygen atoms in total. The van der Waals surface area contributed by atoms with Crippen LogP contribution in [0.4, 0.5) is 0 Å². The maximum Gasteiger partial charge on any atom is 0.0622 e. The number of hydrogen-bond acceptors (Lipinski definition) is 1. The second-order valence-electron chi connectivity index (χ2n) is 4.24. The van der Waals surface area contributed by atoms with Crippen LogP contribution in [-0.2, 0) is 0 Å². The van der Waals surface area contributed by atoms with E-state index in [-0.39, 0.29) is 5.60 Å². The molecular formula is C9H18O. The smallest absolute Gasteiger partial charge is 0.0622 e. The van der Waals surface area contributed by atoms with Crippen molar-refractivity contribution in [2.24, 2.45) is 11.8 Å². The maximum absolute atomic E-state index is 9.61. The highest BCUT2D eigenvalue weighted by Crippen LogP contribution is 2.37. The lowest BCUT2D eigenvalue weighted by Gasteiger charge is -2.17. The summed E-state index contributed by atoms with van der Waals surface area (Å²) < 4.78 is 0. The molecule has 1 aliphatic rings. The Hall–Kier alpha value is -0.0400. The van der Waals surface area contributed by atoms with Crippen LogP contribution in [0.25, 0.3) is 0 Å². The predicted molar refractivity (Wildman–Crippen MR) is 42.8 cm³/mol. The molecule has 10 heavy (non-hydrogen) atoms. The van der Waals surface area contributed by atoms with Crippen LogP contribution in [0.15, 0.2) is 0 Å². The van der Waals surface area contributed by atoms with Gasteiger partial charge in [-0.2, -0.15) is 0 Å². The van der Waals surface area contributed by atoms with Crippen molar-refractivity contribution in [1.82, 2.24) is 0 Å². The second kappa shape index (κ2) is 2.54. The van der Waals surface area contributed by atoms with Crippen LogP contribution in [0.1, 0.15) is 40.0 Å². The molecule has 0 aromatic rings. The first-order chi connectivity index (χ1) is 4.51. The van der Waals surface area contributed by atoms with Gasteiger partial charge in [0.15, 0.2) is 0 Å². The van der Waals surface area contributed by atoms with Crippen molar-refractivity contribution in [2.75, 3.05) is 0 Å². The molecule has 1 heteroatoms. The second-order valence-corrected chi connectivity index (χ2v) is 4.24.